The molecule has 13 heavy (non-hydrogen) atoms. The number of hydrogen-bond acceptors (Lipinski definition) is 1. The Hall–Kier alpha value is -0.0400. The molecule has 1 spiro atoms. The second-order valence-electron chi connectivity index (χ2n) is 6.19. The first kappa shape index (κ1) is 8.28. The Morgan fingerprint density at radius 1 is 0.923 bits per heavy atom. The van der Waals surface area contributed by atoms with Crippen molar-refractivity contribution in [3.05, 3.63) is 0 Å². The molecule has 2 saturated carbocycles. The van der Waals surface area contributed by atoms with E-state index in [9.17, 15) is 0 Å². The third-order valence-electron chi connectivity index (χ3n) is 5.58. The van der Waals surface area contributed by atoms with Crippen molar-refractivity contribution in [3.63, 3.8) is 0 Å². The molecule has 3 rings (SSSR count). The summed E-state index contributed by atoms with van der Waals surface area (Å²) < 4.78 is 0. The van der Waals surface area contributed by atoms with E-state index in [1.165, 1.54) is 45.2 Å². The fourth-order valence-corrected chi connectivity index (χ4v) is 5.08. The predicted molar refractivity (Wildman–Crippen MR) is 54.6 cm³/mol. The van der Waals surface area contributed by atoms with E-state index >= 15 is 0 Å². The molecule has 2 bridgehead atoms. The van der Waals surface area contributed by atoms with Gasteiger partial charge >= 0.3 is 0 Å². The first-order valence-electron chi connectivity index (χ1n) is 5.83. The second kappa shape index (κ2) is 2.13. The van der Waals surface area contributed by atoms with Gasteiger partial charge in [0, 0.05) is 13.1 Å². The highest BCUT2D eigenvalue weighted by atomic mass is 15.0. The van der Waals surface area contributed by atoms with Crippen molar-refractivity contribution in [3.8, 4) is 0 Å². The van der Waals surface area contributed by atoms with Gasteiger partial charge in [0.05, 0.1) is 0 Å². The van der Waals surface area contributed by atoms with Crippen molar-refractivity contribution in [2.45, 2.75) is 46.0 Å². The van der Waals surface area contributed by atoms with Gasteiger partial charge in [0.1, 0.15) is 0 Å². The topological polar surface area (TPSA) is 12.0 Å². The van der Waals surface area contributed by atoms with E-state index in [0.717, 1.165) is 5.41 Å². The van der Waals surface area contributed by atoms with Gasteiger partial charge in [-0.1, -0.05) is 26.7 Å². The van der Waals surface area contributed by atoms with Crippen LogP contribution >= 0.6 is 0 Å². The maximum absolute atomic E-state index is 3.62. The maximum Gasteiger partial charge on any atom is 0.00111 e. The van der Waals surface area contributed by atoms with Crippen LogP contribution in [0, 0.1) is 16.2 Å². The maximum atomic E-state index is 3.62. The molecule has 74 valence electrons. The number of rotatable bonds is 0. The summed E-state index contributed by atoms with van der Waals surface area (Å²) >= 11 is 0. The lowest BCUT2D eigenvalue weighted by Gasteiger charge is -2.72. The average molecular weight is 179 g/mol. The van der Waals surface area contributed by atoms with E-state index in [0.29, 0.717) is 10.8 Å². The molecular formula is C12H21N. The minimum atomic E-state index is 0.649. The van der Waals surface area contributed by atoms with E-state index < -0.39 is 0 Å². The highest BCUT2D eigenvalue weighted by molar-refractivity contribution is 5.21. The van der Waals surface area contributed by atoms with Gasteiger partial charge in [-0.2, -0.15) is 0 Å². The van der Waals surface area contributed by atoms with Crippen molar-refractivity contribution in [1.29, 1.82) is 0 Å². The fraction of sp³-hybridized carbons (Fsp3) is 1.00. The van der Waals surface area contributed by atoms with E-state index in [2.05, 4.69) is 19.2 Å². The van der Waals surface area contributed by atoms with Crippen LogP contribution < -0.4 is 5.32 Å². The Bertz CT molecular complexity index is 224. The normalized spacial score (nSPS) is 52.2. The SMILES string of the molecule is CC12CNCC(C)(C1)C21CCCC1. The lowest BCUT2D eigenvalue weighted by Crippen LogP contribution is -2.72. The summed E-state index contributed by atoms with van der Waals surface area (Å²) in [5, 5.41) is 3.62. The van der Waals surface area contributed by atoms with E-state index in [1.807, 2.05) is 0 Å². The Morgan fingerprint density at radius 2 is 1.46 bits per heavy atom. The van der Waals surface area contributed by atoms with Gasteiger partial charge < -0.3 is 5.32 Å². The van der Waals surface area contributed by atoms with Gasteiger partial charge in [0.15, 0.2) is 0 Å². The molecule has 0 aromatic rings. The van der Waals surface area contributed by atoms with Crippen LogP contribution in [0.25, 0.3) is 0 Å². The lowest BCUT2D eigenvalue weighted by molar-refractivity contribution is -0.220. The van der Waals surface area contributed by atoms with Crippen molar-refractivity contribution in [1.82, 2.24) is 5.32 Å². The summed E-state index contributed by atoms with van der Waals surface area (Å²) in [6.45, 7) is 7.60. The molecule has 2 aliphatic carbocycles. The molecule has 0 radical (unpaired) electrons. The minimum absolute atomic E-state index is 0.649. The van der Waals surface area contributed by atoms with Gasteiger partial charge in [-0.15, -0.1) is 0 Å². The summed E-state index contributed by atoms with van der Waals surface area (Å²) in [7, 11) is 0. The molecular weight excluding hydrogens is 158 g/mol. The van der Waals surface area contributed by atoms with Gasteiger partial charge in [-0.25, -0.2) is 0 Å². The van der Waals surface area contributed by atoms with Crippen molar-refractivity contribution in [2.24, 2.45) is 16.2 Å². The molecule has 1 heteroatoms. The first-order chi connectivity index (χ1) is 6.12. The smallest absolute Gasteiger partial charge is 0.00111 e. The molecule has 1 saturated heterocycles. The first-order valence-corrected chi connectivity index (χ1v) is 5.83. The van der Waals surface area contributed by atoms with E-state index in [-0.39, 0.29) is 0 Å². The summed E-state index contributed by atoms with van der Waals surface area (Å²) in [4.78, 5) is 0. The molecule has 0 aromatic heterocycles. The minimum Gasteiger partial charge on any atom is -0.316 e. The molecule has 3 aliphatic rings. The van der Waals surface area contributed by atoms with Crippen LogP contribution in [0.2, 0.25) is 0 Å². The third-order valence-corrected chi connectivity index (χ3v) is 5.58. The summed E-state index contributed by atoms with van der Waals surface area (Å²) in [5.74, 6) is 0. The van der Waals surface area contributed by atoms with Crippen molar-refractivity contribution >= 4 is 0 Å². The average Bonchev–Trinajstić information content (AvgIpc) is 2.53. The van der Waals surface area contributed by atoms with Gasteiger partial charge in [-0.3, -0.25) is 0 Å². The third kappa shape index (κ3) is 0.707. The number of nitrogens with one attached hydrogen (secondary N) is 1. The molecule has 2 unspecified atom stereocenters. The zero-order chi connectivity index (χ0) is 9.16. The van der Waals surface area contributed by atoms with Gasteiger partial charge in [0.25, 0.3) is 0 Å². The molecule has 0 amide bonds. The second-order valence-corrected chi connectivity index (χ2v) is 6.19. The number of piperidine rings is 2. The lowest BCUT2D eigenvalue weighted by atomic mass is 9.35. The van der Waals surface area contributed by atoms with Gasteiger partial charge in [-0.05, 0) is 35.5 Å². The summed E-state index contributed by atoms with van der Waals surface area (Å²) in [5.41, 5.74) is 2.04. The molecule has 1 N–H and O–H groups in total. The zero-order valence-electron chi connectivity index (χ0n) is 8.95. The number of hydrogen-bond donors (Lipinski definition) is 1. The zero-order valence-corrected chi connectivity index (χ0v) is 8.95. The molecule has 3 fully saturated rings. The summed E-state index contributed by atoms with van der Waals surface area (Å²) in [6, 6.07) is 0. The van der Waals surface area contributed by atoms with Crippen LogP contribution in [0.3, 0.4) is 0 Å². The van der Waals surface area contributed by atoms with E-state index in [1.54, 1.807) is 0 Å². The van der Waals surface area contributed by atoms with Crippen LogP contribution in [0.5, 0.6) is 0 Å². The van der Waals surface area contributed by atoms with E-state index in [4.69, 9.17) is 0 Å². The fourth-order valence-electron chi connectivity index (χ4n) is 5.08. The monoisotopic (exact) mass is 179 g/mol. The van der Waals surface area contributed by atoms with Crippen molar-refractivity contribution < 1.29 is 0 Å². The quantitative estimate of drug-likeness (QED) is 0.602. The van der Waals surface area contributed by atoms with Crippen LogP contribution in [0.4, 0.5) is 0 Å². The number of fused-ring (bicyclic) bond motifs is 4. The Kier molecular flexibility index (Phi) is 1.36. The van der Waals surface area contributed by atoms with Crippen LogP contribution in [-0.4, -0.2) is 13.1 Å². The molecule has 1 nitrogen and oxygen atoms in total. The highest BCUT2D eigenvalue weighted by Crippen LogP contribution is 2.75. The molecule has 2 atom stereocenters. The highest BCUT2D eigenvalue weighted by Gasteiger charge is 2.70. The van der Waals surface area contributed by atoms with Crippen LogP contribution in [0.15, 0.2) is 0 Å². The van der Waals surface area contributed by atoms with Gasteiger partial charge in [0.2, 0.25) is 0 Å². The molecule has 0 aromatic carbocycles. The molecule has 1 aliphatic heterocycles. The van der Waals surface area contributed by atoms with Crippen LogP contribution in [0.1, 0.15) is 46.0 Å². The Morgan fingerprint density at radius 3 is 2.00 bits per heavy atom. The Labute approximate surface area is 81.3 Å². The standard InChI is InChI=1S/C12H21N/c1-10-7-11(2,9-13-8-10)12(10)5-3-4-6-12/h13H,3-9H2,1-2H3. The summed E-state index contributed by atoms with van der Waals surface area (Å²) in [6.07, 6.45) is 7.49. The Balaban J connectivity index is 2.01. The molecule has 1 heterocycles. The predicted octanol–water partition coefficient (Wildman–Crippen LogP) is 2.57. The van der Waals surface area contributed by atoms with Crippen LogP contribution in [-0.2, 0) is 0 Å². The largest absolute Gasteiger partial charge is 0.316 e. The van der Waals surface area contributed by atoms with Crippen molar-refractivity contribution in [2.75, 3.05) is 13.1 Å².